The van der Waals surface area contributed by atoms with Crippen molar-refractivity contribution < 1.29 is 19.0 Å². The Labute approximate surface area is 240 Å². The number of hydrogen-bond donors (Lipinski definition) is 1. The maximum atomic E-state index is 14.6. The Morgan fingerprint density at radius 1 is 1.10 bits per heavy atom. The fourth-order valence-electron chi connectivity index (χ4n) is 5.99. The van der Waals surface area contributed by atoms with Crippen LogP contribution in [0, 0.1) is 12.7 Å². The normalized spacial score (nSPS) is 17.2. The predicted octanol–water partition coefficient (Wildman–Crippen LogP) is 5.58. The van der Waals surface area contributed by atoms with E-state index in [4.69, 9.17) is 26.3 Å². The fraction of sp³-hybridized carbons (Fsp3) is 0.323. The molecular weight excluding hydrogens is 545 g/mol. The molecule has 1 saturated heterocycles. The quantitative estimate of drug-likeness (QED) is 0.274. The Morgan fingerprint density at radius 3 is 2.71 bits per heavy atom. The Kier molecular flexibility index (Phi) is 6.53. The van der Waals surface area contributed by atoms with Crippen LogP contribution >= 0.6 is 11.6 Å². The summed E-state index contributed by atoms with van der Waals surface area (Å²) in [5.74, 6) is 0.586. The minimum atomic E-state index is -0.954. The number of rotatable bonds is 7. The number of carboxylic acid groups (broad SMARTS) is 1. The lowest BCUT2D eigenvalue weighted by Gasteiger charge is -2.30. The van der Waals surface area contributed by atoms with Gasteiger partial charge in [-0.2, -0.15) is 0 Å². The number of imidazole rings is 2. The number of aromatic nitrogens is 4. The second kappa shape index (κ2) is 10.2. The van der Waals surface area contributed by atoms with E-state index in [0.717, 1.165) is 71.0 Å². The van der Waals surface area contributed by atoms with Gasteiger partial charge < -0.3 is 19.0 Å². The summed E-state index contributed by atoms with van der Waals surface area (Å²) in [6.45, 7) is 6.30. The Balaban J connectivity index is 1.19. The summed E-state index contributed by atoms with van der Waals surface area (Å²) in [7, 11) is 0. The average Bonchev–Trinajstić information content (AvgIpc) is 3.44. The number of fused-ring (bicyclic) bond motifs is 4. The molecule has 0 amide bonds. The molecule has 8 nitrogen and oxygen atoms in total. The number of carbonyl (C=O) groups is 1. The van der Waals surface area contributed by atoms with Crippen LogP contribution in [0.25, 0.3) is 22.1 Å². The van der Waals surface area contributed by atoms with E-state index in [2.05, 4.69) is 33.1 Å². The molecule has 7 rings (SSSR count). The molecule has 1 fully saturated rings. The van der Waals surface area contributed by atoms with Gasteiger partial charge in [0, 0.05) is 31.1 Å². The van der Waals surface area contributed by atoms with Crippen LogP contribution in [0.4, 0.5) is 4.39 Å². The first-order chi connectivity index (χ1) is 19.8. The Bertz CT molecular complexity index is 1830. The van der Waals surface area contributed by atoms with Crippen molar-refractivity contribution in [1.82, 2.24) is 24.0 Å². The molecule has 210 valence electrons. The first-order valence-corrected chi connectivity index (χ1v) is 14.2. The van der Waals surface area contributed by atoms with E-state index in [9.17, 15) is 14.3 Å². The molecule has 0 radical (unpaired) electrons. The summed E-state index contributed by atoms with van der Waals surface area (Å²) < 4.78 is 24.7. The van der Waals surface area contributed by atoms with E-state index >= 15 is 0 Å². The van der Waals surface area contributed by atoms with Crippen molar-refractivity contribution in [3.8, 4) is 0 Å². The molecule has 0 spiro atoms. The van der Waals surface area contributed by atoms with Gasteiger partial charge in [0.05, 0.1) is 53.4 Å². The van der Waals surface area contributed by atoms with Gasteiger partial charge in [0.1, 0.15) is 17.5 Å². The van der Waals surface area contributed by atoms with E-state index in [0.29, 0.717) is 36.6 Å². The third kappa shape index (κ3) is 4.88. The van der Waals surface area contributed by atoms with E-state index < -0.39 is 5.97 Å². The molecule has 0 aliphatic carbocycles. The molecule has 10 heteroatoms. The van der Waals surface area contributed by atoms with Gasteiger partial charge in [0.15, 0.2) is 0 Å². The van der Waals surface area contributed by atoms with Crippen molar-refractivity contribution in [2.45, 2.75) is 52.0 Å². The van der Waals surface area contributed by atoms with E-state index in [1.165, 1.54) is 6.07 Å². The third-order valence-electron chi connectivity index (χ3n) is 8.18. The van der Waals surface area contributed by atoms with Gasteiger partial charge >= 0.3 is 5.97 Å². The number of hydrogen-bond acceptors (Lipinski definition) is 5. The van der Waals surface area contributed by atoms with Crippen molar-refractivity contribution in [2.24, 2.45) is 0 Å². The van der Waals surface area contributed by atoms with Gasteiger partial charge in [0.25, 0.3) is 0 Å². The lowest BCUT2D eigenvalue weighted by molar-refractivity contribution is -0.0592. The number of aromatic carboxylic acids is 1. The van der Waals surface area contributed by atoms with E-state index in [-0.39, 0.29) is 17.5 Å². The minimum absolute atomic E-state index is 0.109. The average molecular weight is 574 g/mol. The van der Waals surface area contributed by atoms with Crippen LogP contribution in [0.15, 0.2) is 48.5 Å². The third-order valence-corrected chi connectivity index (χ3v) is 8.41. The van der Waals surface area contributed by atoms with Gasteiger partial charge in [0.2, 0.25) is 0 Å². The second-order valence-electron chi connectivity index (χ2n) is 11.0. The molecule has 0 bridgehead atoms. The van der Waals surface area contributed by atoms with E-state index in [1.807, 2.05) is 0 Å². The number of nitrogens with zero attached hydrogens (tertiary/aromatic N) is 5. The van der Waals surface area contributed by atoms with Crippen molar-refractivity contribution in [3.63, 3.8) is 0 Å². The largest absolute Gasteiger partial charge is 0.478 e. The van der Waals surface area contributed by atoms with Gasteiger partial charge in [-0.1, -0.05) is 23.7 Å². The number of ether oxygens (including phenoxy) is 1. The lowest BCUT2D eigenvalue weighted by Crippen LogP contribution is -2.35. The maximum Gasteiger partial charge on any atom is 0.335 e. The number of aryl methyl sites for hydroxylation is 1. The van der Waals surface area contributed by atoms with Crippen molar-refractivity contribution >= 4 is 39.6 Å². The smallest absolute Gasteiger partial charge is 0.335 e. The molecule has 1 unspecified atom stereocenters. The molecular formula is C31H29ClFN5O3. The molecule has 2 aliphatic heterocycles. The predicted molar refractivity (Wildman–Crippen MR) is 154 cm³/mol. The Hall–Kier alpha value is -3.79. The summed E-state index contributed by atoms with van der Waals surface area (Å²) in [5.41, 5.74) is 6.51. The van der Waals surface area contributed by atoms with Crippen molar-refractivity contribution in [1.29, 1.82) is 0 Å². The zero-order chi connectivity index (χ0) is 28.2. The summed E-state index contributed by atoms with van der Waals surface area (Å²) in [5, 5.41) is 9.93. The van der Waals surface area contributed by atoms with Crippen LogP contribution in [0.1, 0.15) is 45.1 Å². The molecule has 0 saturated carbocycles. The van der Waals surface area contributed by atoms with Crippen LogP contribution < -0.4 is 0 Å². The standard InChI is InChI=1S/C31H29ClFN5O3/c1-18-10-21(12-19-2-4-22(32)14-24(19)33)30-27(11-18)37-8-7-36(17-29(37)35-30)16-28-34-25-5-3-20(31(39)40)13-26(25)38(28)15-23-6-9-41-23/h2-5,10-11,13-14,23H,6-9,12,15-17H2,1H3,(H,39,40). The summed E-state index contributed by atoms with van der Waals surface area (Å²) >= 11 is 5.97. The minimum Gasteiger partial charge on any atom is -0.478 e. The van der Waals surface area contributed by atoms with Crippen LogP contribution in [-0.4, -0.2) is 54.3 Å². The maximum absolute atomic E-state index is 14.6. The van der Waals surface area contributed by atoms with Crippen molar-refractivity contribution in [2.75, 3.05) is 13.2 Å². The zero-order valence-electron chi connectivity index (χ0n) is 22.6. The van der Waals surface area contributed by atoms with Gasteiger partial charge in [-0.3, -0.25) is 4.90 Å². The number of carboxylic acids is 1. The van der Waals surface area contributed by atoms with Gasteiger partial charge in [-0.25, -0.2) is 19.2 Å². The van der Waals surface area contributed by atoms with Crippen molar-refractivity contribution in [3.05, 3.63) is 93.3 Å². The molecule has 3 aromatic carbocycles. The van der Waals surface area contributed by atoms with Crippen LogP contribution in [0.3, 0.4) is 0 Å². The monoisotopic (exact) mass is 573 g/mol. The molecule has 4 heterocycles. The van der Waals surface area contributed by atoms with Crippen LogP contribution in [0.2, 0.25) is 5.02 Å². The summed E-state index contributed by atoms with van der Waals surface area (Å²) in [6, 6.07) is 14.1. The Morgan fingerprint density at radius 2 is 1.95 bits per heavy atom. The molecule has 2 aromatic heterocycles. The molecule has 5 aromatic rings. The zero-order valence-corrected chi connectivity index (χ0v) is 23.4. The van der Waals surface area contributed by atoms with Gasteiger partial charge in [-0.05, 0) is 66.4 Å². The highest BCUT2D eigenvalue weighted by Gasteiger charge is 2.26. The topological polar surface area (TPSA) is 85.4 Å². The molecule has 1 N–H and O–H groups in total. The highest BCUT2D eigenvalue weighted by molar-refractivity contribution is 6.30. The first-order valence-electron chi connectivity index (χ1n) is 13.8. The first kappa shape index (κ1) is 26.1. The fourth-order valence-corrected chi connectivity index (χ4v) is 6.15. The van der Waals surface area contributed by atoms with E-state index in [1.54, 1.807) is 30.3 Å². The number of halogens is 2. The SMILES string of the molecule is Cc1cc(Cc2ccc(Cl)cc2F)c2nc3n(c2c1)CCN(Cc1nc2ccc(C(=O)O)cc2n1CC1CCO1)C3. The van der Waals surface area contributed by atoms with Gasteiger partial charge in [-0.15, -0.1) is 0 Å². The highest BCUT2D eigenvalue weighted by Crippen LogP contribution is 2.29. The van der Waals surface area contributed by atoms with Crippen LogP contribution in [0.5, 0.6) is 0 Å². The number of benzene rings is 3. The molecule has 41 heavy (non-hydrogen) atoms. The highest BCUT2D eigenvalue weighted by atomic mass is 35.5. The molecule has 1 atom stereocenters. The lowest BCUT2D eigenvalue weighted by atomic mass is 10.0. The summed E-state index contributed by atoms with van der Waals surface area (Å²) in [6.07, 6.45) is 1.53. The summed E-state index contributed by atoms with van der Waals surface area (Å²) in [4.78, 5) is 23.9. The van der Waals surface area contributed by atoms with Crippen LogP contribution in [-0.2, 0) is 37.3 Å². The molecule has 2 aliphatic rings. The second-order valence-corrected chi connectivity index (χ2v) is 11.5.